The fourth-order valence-corrected chi connectivity index (χ4v) is 2.01. The van der Waals surface area contributed by atoms with Crippen LogP contribution in [0.15, 0.2) is 36.5 Å². The number of rotatable bonds is 2. The molecule has 0 radical (unpaired) electrons. The number of benzene rings is 1. The highest BCUT2D eigenvalue weighted by Gasteiger charge is 2.36. The maximum atomic E-state index is 12.7. The predicted octanol–water partition coefficient (Wildman–Crippen LogP) is 2.70. The van der Waals surface area contributed by atoms with E-state index in [0.717, 1.165) is 4.52 Å². The first kappa shape index (κ1) is 14.9. The summed E-state index contributed by atoms with van der Waals surface area (Å²) in [6.45, 7) is 1.48. The van der Waals surface area contributed by atoms with E-state index in [0.29, 0.717) is 5.69 Å². The molecule has 0 saturated carbocycles. The first-order chi connectivity index (χ1) is 10.9. The molecule has 3 rings (SSSR count). The van der Waals surface area contributed by atoms with E-state index in [4.69, 9.17) is 0 Å². The number of halogens is 3. The maximum Gasteiger partial charge on any atom is 0.453 e. The molecule has 2 aromatic heterocycles. The van der Waals surface area contributed by atoms with Gasteiger partial charge in [-0.15, -0.1) is 5.10 Å². The molecule has 0 aliphatic carbocycles. The van der Waals surface area contributed by atoms with Crippen LogP contribution in [0, 0.1) is 6.92 Å². The zero-order chi connectivity index (χ0) is 16.6. The molecule has 0 unspecified atom stereocenters. The van der Waals surface area contributed by atoms with Gasteiger partial charge in [-0.1, -0.05) is 18.2 Å². The minimum atomic E-state index is -4.67. The standard InChI is InChI=1S/C14H10F3N5O/c1-8-10(11(23)19-9-5-3-2-4-6-9)7-18-13-20-12(14(15,16)17)21-22(8)13/h2-7H,1H3,(H,19,23). The number of nitrogens with zero attached hydrogens (tertiary/aromatic N) is 4. The number of amides is 1. The fraction of sp³-hybridized carbons (Fsp3) is 0.143. The molecule has 3 aromatic rings. The van der Waals surface area contributed by atoms with Crippen LogP contribution >= 0.6 is 0 Å². The molecule has 0 atom stereocenters. The van der Waals surface area contributed by atoms with Crippen molar-refractivity contribution >= 4 is 17.4 Å². The van der Waals surface area contributed by atoms with E-state index in [1.165, 1.54) is 13.1 Å². The van der Waals surface area contributed by atoms with Crippen LogP contribution in [0.5, 0.6) is 0 Å². The summed E-state index contributed by atoms with van der Waals surface area (Å²) in [5.74, 6) is -2.01. The minimum Gasteiger partial charge on any atom is -0.322 e. The van der Waals surface area contributed by atoms with Crippen molar-refractivity contribution in [3.63, 3.8) is 0 Å². The van der Waals surface area contributed by atoms with Crippen molar-refractivity contribution in [3.8, 4) is 0 Å². The number of hydrogen-bond donors (Lipinski definition) is 1. The first-order valence-electron chi connectivity index (χ1n) is 6.52. The van der Waals surface area contributed by atoms with Crippen molar-refractivity contribution in [2.75, 3.05) is 5.32 Å². The lowest BCUT2D eigenvalue weighted by Crippen LogP contribution is -2.16. The summed E-state index contributed by atoms with van der Waals surface area (Å²) in [5.41, 5.74) is 0.887. The van der Waals surface area contributed by atoms with E-state index in [2.05, 4.69) is 20.4 Å². The molecule has 23 heavy (non-hydrogen) atoms. The van der Waals surface area contributed by atoms with Gasteiger partial charge >= 0.3 is 6.18 Å². The number of alkyl halides is 3. The van der Waals surface area contributed by atoms with Gasteiger partial charge < -0.3 is 5.32 Å². The quantitative estimate of drug-likeness (QED) is 0.788. The van der Waals surface area contributed by atoms with Crippen molar-refractivity contribution in [3.05, 3.63) is 53.6 Å². The molecule has 9 heteroatoms. The van der Waals surface area contributed by atoms with Crippen molar-refractivity contribution in [1.29, 1.82) is 0 Å². The third-order valence-corrected chi connectivity index (χ3v) is 3.14. The Bertz CT molecular complexity index is 873. The number of aromatic nitrogens is 4. The number of fused-ring (bicyclic) bond motifs is 1. The van der Waals surface area contributed by atoms with E-state index < -0.39 is 17.9 Å². The van der Waals surface area contributed by atoms with Crippen LogP contribution in [-0.4, -0.2) is 25.5 Å². The average Bonchev–Trinajstić information content (AvgIpc) is 2.94. The van der Waals surface area contributed by atoms with Gasteiger partial charge in [0.25, 0.3) is 17.5 Å². The third kappa shape index (κ3) is 2.85. The lowest BCUT2D eigenvalue weighted by atomic mass is 10.2. The Kier molecular flexibility index (Phi) is 3.47. The summed E-state index contributed by atoms with van der Waals surface area (Å²) in [6.07, 6.45) is -3.50. The summed E-state index contributed by atoms with van der Waals surface area (Å²) >= 11 is 0. The van der Waals surface area contributed by atoms with E-state index in [1.807, 2.05) is 0 Å². The molecule has 0 bridgehead atoms. The molecular weight excluding hydrogens is 311 g/mol. The van der Waals surface area contributed by atoms with Crippen LogP contribution in [0.3, 0.4) is 0 Å². The summed E-state index contributed by atoms with van der Waals surface area (Å²) in [6, 6.07) is 8.67. The normalized spacial score (nSPS) is 11.7. The Hall–Kier alpha value is -2.97. The topological polar surface area (TPSA) is 72.2 Å². The Balaban J connectivity index is 1.98. The highest BCUT2D eigenvalue weighted by molar-refractivity contribution is 6.04. The van der Waals surface area contributed by atoms with Gasteiger partial charge in [0.2, 0.25) is 0 Å². The van der Waals surface area contributed by atoms with E-state index in [1.54, 1.807) is 30.3 Å². The molecule has 1 aromatic carbocycles. The van der Waals surface area contributed by atoms with Gasteiger partial charge in [-0.25, -0.2) is 9.50 Å². The van der Waals surface area contributed by atoms with Crippen molar-refractivity contribution in [2.24, 2.45) is 0 Å². The minimum absolute atomic E-state index is 0.111. The van der Waals surface area contributed by atoms with Crippen LogP contribution in [0.25, 0.3) is 5.78 Å². The van der Waals surface area contributed by atoms with Crippen LogP contribution < -0.4 is 5.32 Å². The van der Waals surface area contributed by atoms with Gasteiger partial charge in [0.05, 0.1) is 11.3 Å². The highest BCUT2D eigenvalue weighted by Crippen LogP contribution is 2.26. The van der Waals surface area contributed by atoms with Crippen molar-refractivity contribution in [2.45, 2.75) is 13.1 Å². The molecule has 1 amide bonds. The number of hydrogen-bond acceptors (Lipinski definition) is 4. The fourth-order valence-electron chi connectivity index (χ4n) is 2.01. The Morgan fingerprint density at radius 1 is 1.22 bits per heavy atom. The number of aryl methyl sites for hydroxylation is 1. The Labute approximate surface area is 128 Å². The van der Waals surface area contributed by atoms with Gasteiger partial charge in [0.1, 0.15) is 0 Å². The number of nitrogens with one attached hydrogen (secondary N) is 1. The lowest BCUT2D eigenvalue weighted by Gasteiger charge is -2.07. The molecule has 1 N–H and O–H groups in total. The van der Waals surface area contributed by atoms with E-state index in [-0.39, 0.29) is 17.0 Å². The third-order valence-electron chi connectivity index (χ3n) is 3.14. The van der Waals surface area contributed by atoms with Crippen LogP contribution in [-0.2, 0) is 6.18 Å². The highest BCUT2D eigenvalue weighted by atomic mass is 19.4. The molecule has 0 aliphatic heterocycles. The van der Waals surface area contributed by atoms with Gasteiger partial charge in [-0.05, 0) is 19.1 Å². The number of carbonyl (C=O) groups excluding carboxylic acids is 1. The van der Waals surface area contributed by atoms with Crippen LogP contribution in [0.4, 0.5) is 18.9 Å². The predicted molar refractivity (Wildman–Crippen MR) is 74.9 cm³/mol. The average molecular weight is 321 g/mol. The van der Waals surface area contributed by atoms with Gasteiger partial charge in [-0.2, -0.15) is 18.2 Å². The molecule has 2 heterocycles. The molecular formula is C14H10F3N5O. The second-order valence-corrected chi connectivity index (χ2v) is 4.72. The first-order valence-corrected chi connectivity index (χ1v) is 6.52. The summed E-state index contributed by atoms with van der Waals surface area (Å²) in [4.78, 5) is 19.3. The number of para-hydroxylation sites is 1. The van der Waals surface area contributed by atoms with Gasteiger partial charge in [0, 0.05) is 11.9 Å². The van der Waals surface area contributed by atoms with Gasteiger partial charge in [-0.3, -0.25) is 4.79 Å². The SMILES string of the molecule is Cc1c(C(=O)Nc2ccccc2)cnc2nc(C(F)(F)F)nn12. The molecule has 118 valence electrons. The monoisotopic (exact) mass is 321 g/mol. The van der Waals surface area contributed by atoms with Crippen molar-refractivity contribution in [1.82, 2.24) is 19.6 Å². The van der Waals surface area contributed by atoms with Crippen LogP contribution in [0.2, 0.25) is 0 Å². The number of carbonyl (C=O) groups is 1. The lowest BCUT2D eigenvalue weighted by molar-refractivity contribution is -0.144. The summed E-state index contributed by atoms with van der Waals surface area (Å²) in [5, 5.41) is 6.01. The van der Waals surface area contributed by atoms with E-state index >= 15 is 0 Å². The number of anilines is 1. The Morgan fingerprint density at radius 3 is 2.57 bits per heavy atom. The zero-order valence-electron chi connectivity index (χ0n) is 11.8. The Morgan fingerprint density at radius 2 is 1.91 bits per heavy atom. The smallest absolute Gasteiger partial charge is 0.322 e. The maximum absolute atomic E-state index is 12.7. The second-order valence-electron chi connectivity index (χ2n) is 4.72. The van der Waals surface area contributed by atoms with Gasteiger partial charge in [0.15, 0.2) is 0 Å². The molecule has 0 spiro atoms. The van der Waals surface area contributed by atoms with Crippen molar-refractivity contribution < 1.29 is 18.0 Å². The molecule has 0 fully saturated rings. The molecule has 6 nitrogen and oxygen atoms in total. The second kappa shape index (κ2) is 5.34. The summed E-state index contributed by atoms with van der Waals surface area (Å²) < 4.78 is 38.9. The van der Waals surface area contributed by atoms with E-state index in [9.17, 15) is 18.0 Å². The summed E-state index contributed by atoms with van der Waals surface area (Å²) in [7, 11) is 0. The molecule has 0 aliphatic rings. The zero-order valence-corrected chi connectivity index (χ0v) is 11.8. The van der Waals surface area contributed by atoms with Crippen LogP contribution in [0.1, 0.15) is 21.9 Å². The molecule has 0 saturated heterocycles. The largest absolute Gasteiger partial charge is 0.453 e.